The number of nitrogens with one attached hydrogen (secondary N) is 1. The Labute approximate surface area is 130 Å². The fourth-order valence-corrected chi connectivity index (χ4v) is 3.71. The molecule has 0 spiro atoms. The molecule has 0 radical (unpaired) electrons. The summed E-state index contributed by atoms with van der Waals surface area (Å²) in [7, 11) is 0. The molecule has 0 aromatic rings. The number of carboxylic acids is 2. The van der Waals surface area contributed by atoms with Crippen molar-refractivity contribution in [2.45, 2.75) is 24.3 Å². The van der Waals surface area contributed by atoms with Crippen LogP contribution in [-0.2, 0) is 14.3 Å². The van der Waals surface area contributed by atoms with Crippen molar-refractivity contribution in [3.8, 4) is 0 Å². The highest BCUT2D eigenvalue weighted by Crippen LogP contribution is 2.33. The predicted molar refractivity (Wildman–Crippen MR) is 79.1 cm³/mol. The summed E-state index contributed by atoms with van der Waals surface area (Å²) < 4.78 is 5.52. The maximum absolute atomic E-state index is 11.4. The van der Waals surface area contributed by atoms with Crippen LogP contribution >= 0.6 is 11.8 Å². The Morgan fingerprint density at radius 2 is 2.27 bits per heavy atom. The zero-order valence-electron chi connectivity index (χ0n) is 11.6. The van der Waals surface area contributed by atoms with Crippen molar-refractivity contribution in [1.29, 1.82) is 0 Å². The van der Waals surface area contributed by atoms with Crippen LogP contribution in [0.15, 0.2) is 28.7 Å². The lowest BCUT2D eigenvalue weighted by atomic mass is 10.1. The minimum Gasteiger partial charge on any atom is -0.478 e. The lowest BCUT2D eigenvalue weighted by Crippen LogP contribution is -2.34. The molecule has 0 saturated carbocycles. The van der Waals surface area contributed by atoms with E-state index in [1.165, 1.54) is 11.8 Å². The van der Waals surface area contributed by atoms with Gasteiger partial charge in [-0.1, -0.05) is 0 Å². The number of fused-ring (bicyclic) bond motifs is 1. The maximum atomic E-state index is 11.4. The van der Waals surface area contributed by atoms with Crippen molar-refractivity contribution in [2.24, 2.45) is 4.99 Å². The van der Waals surface area contributed by atoms with Crippen LogP contribution in [0, 0.1) is 0 Å². The molecular weight excluding hydrogens is 310 g/mol. The van der Waals surface area contributed by atoms with Gasteiger partial charge in [0.1, 0.15) is 12.0 Å². The number of hydrogen-bond donors (Lipinski definition) is 3. The number of carbonyl (C=O) groups is 2. The van der Waals surface area contributed by atoms with E-state index in [1.807, 2.05) is 5.01 Å². The smallest absolute Gasteiger partial charge is 0.351 e. The molecular formula is C13H15N3O5S. The van der Waals surface area contributed by atoms with Crippen molar-refractivity contribution in [3.05, 3.63) is 23.7 Å². The van der Waals surface area contributed by atoms with Gasteiger partial charge in [-0.2, -0.15) is 0 Å². The fraction of sp³-hybridized carbons (Fsp3) is 0.462. The summed E-state index contributed by atoms with van der Waals surface area (Å²) in [4.78, 5) is 26.2. The molecule has 8 nitrogen and oxygen atoms in total. The van der Waals surface area contributed by atoms with Gasteiger partial charge < -0.3 is 14.9 Å². The largest absolute Gasteiger partial charge is 0.478 e. The molecule has 0 bridgehead atoms. The first-order valence-corrected chi connectivity index (χ1v) is 7.83. The topological polar surface area (TPSA) is 111 Å². The molecule has 1 fully saturated rings. The summed E-state index contributed by atoms with van der Waals surface area (Å²) in [6.45, 7) is 0.813. The van der Waals surface area contributed by atoms with Crippen molar-refractivity contribution >= 4 is 29.4 Å². The van der Waals surface area contributed by atoms with Crippen LogP contribution in [0.3, 0.4) is 0 Å². The van der Waals surface area contributed by atoms with Gasteiger partial charge >= 0.3 is 11.9 Å². The third-order valence-corrected chi connectivity index (χ3v) is 4.91. The first-order valence-electron chi connectivity index (χ1n) is 6.78. The Bertz CT molecular complexity index is 600. The molecule has 0 aliphatic carbocycles. The molecule has 3 heterocycles. The van der Waals surface area contributed by atoms with Gasteiger partial charge in [-0.05, 0) is 0 Å². The second-order valence-electron chi connectivity index (χ2n) is 5.04. The molecule has 3 aliphatic rings. The van der Waals surface area contributed by atoms with Crippen LogP contribution in [0.4, 0.5) is 0 Å². The van der Waals surface area contributed by atoms with Crippen LogP contribution in [0.25, 0.3) is 0 Å². The number of carboxylic acid groups (broad SMARTS) is 2. The molecule has 2 unspecified atom stereocenters. The summed E-state index contributed by atoms with van der Waals surface area (Å²) >= 11 is 1.27. The van der Waals surface area contributed by atoms with Crippen LogP contribution in [0.2, 0.25) is 0 Å². The average Bonchev–Trinajstić information content (AvgIpc) is 2.99. The van der Waals surface area contributed by atoms with E-state index in [4.69, 9.17) is 9.84 Å². The van der Waals surface area contributed by atoms with E-state index in [0.29, 0.717) is 6.42 Å². The lowest BCUT2D eigenvalue weighted by molar-refractivity contribution is -0.133. The molecule has 0 amide bonds. The molecule has 0 aromatic heterocycles. The monoisotopic (exact) mass is 325 g/mol. The summed E-state index contributed by atoms with van der Waals surface area (Å²) in [5.74, 6) is -2.05. The summed E-state index contributed by atoms with van der Waals surface area (Å²) in [6.07, 6.45) is 4.07. The Morgan fingerprint density at radius 1 is 1.45 bits per heavy atom. The molecule has 0 aromatic carbocycles. The molecule has 1 saturated heterocycles. The Kier molecular flexibility index (Phi) is 4.08. The van der Waals surface area contributed by atoms with Crippen LogP contribution in [0.5, 0.6) is 0 Å². The normalized spacial score (nSPS) is 27.3. The summed E-state index contributed by atoms with van der Waals surface area (Å²) in [5.41, 5.74) is 4.11. The first-order chi connectivity index (χ1) is 10.6. The van der Waals surface area contributed by atoms with Gasteiger partial charge in [-0.25, -0.2) is 15.0 Å². The quantitative estimate of drug-likeness (QED) is 0.681. The number of nitrogens with zero attached hydrogens (tertiary/aromatic N) is 2. The van der Waals surface area contributed by atoms with Gasteiger partial charge in [-0.3, -0.25) is 10.0 Å². The third kappa shape index (κ3) is 2.81. The van der Waals surface area contributed by atoms with Gasteiger partial charge in [-0.15, -0.1) is 11.8 Å². The molecule has 3 aliphatic heterocycles. The second-order valence-corrected chi connectivity index (χ2v) is 6.23. The third-order valence-electron chi connectivity index (χ3n) is 3.65. The maximum Gasteiger partial charge on any atom is 0.351 e. The Balaban J connectivity index is 1.76. The molecule has 2 atom stereocenters. The molecule has 9 heteroatoms. The van der Waals surface area contributed by atoms with Crippen LogP contribution in [-0.4, -0.2) is 56.6 Å². The van der Waals surface area contributed by atoms with E-state index in [1.54, 1.807) is 6.26 Å². The highest BCUT2D eigenvalue weighted by atomic mass is 32.2. The zero-order valence-corrected chi connectivity index (χ0v) is 12.4. The highest BCUT2D eigenvalue weighted by molar-refractivity contribution is 8.00. The number of aliphatic imine (C=N–C) groups is 1. The summed E-state index contributed by atoms with van der Waals surface area (Å²) in [6, 6.07) is 0. The Hall–Kier alpha value is -2.00. The Morgan fingerprint density at radius 3 is 3.00 bits per heavy atom. The predicted octanol–water partition coefficient (Wildman–Crippen LogP) is 0.394. The minimum atomic E-state index is -1.13. The number of hydrazine groups is 1. The van der Waals surface area contributed by atoms with Gasteiger partial charge in [0.15, 0.2) is 6.23 Å². The van der Waals surface area contributed by atoms with E-state index in [0.717, 1.165) is 24.9 Å². The number of rotatable bonds is 4. The number of thioether (sulfide) groups is 1. The average molecular weight is 325 g/mol. The van der Waals surface area contributed by atoms with Crippen molar-refractivity contribution < 1.29 is 24.5 Å². The van der Waals surface area contributed by atoms with E-state index < -0.39 is 11.9 Å². The molecule has 22 heavy (non-hydrogen) atoms. The number of ether oxygens (including phenoxy) is 1. The van der Waals surface area contributed by atoms with Crippen molar-refractivity contribution in [2.75, 3.05) is 12.3 Å². The standard InChI is InChI=1S/C13H15N3O5S/c17-12(18)8-4-14-9(13(19)20)6-22-10(8)3-7-5-21-11-1-2-15-16(7)11/h4-5,10-11,15H,1-3,6H2,(H,17,18)(H,19,20). The van der Waals surface area contributed by atoms with Gasteiger partial charge in [0.25, 0.3) is 0 Å². The molecule has 3 rings (SSSR count). The van der Waals surface area contributed by atoms with E-state index in [-0.39, 0.29) is 28.5 Å². The van der Waals surface area contributed by atoms with Gasteiger partial charge in [0.2, 0.25) is 0 Å². The fourth-order valence-electron chi connectivity index (χ4n) is 2.52. The number of aliphatic carboxylic acids is 2. The van der Waals surface area contributed by atoms with Crippen LogP contribution < -0.4 is 5.43 Å². The highest BCUT2D eigenvalue weighted by Gasteiger charge is 2.35. The van der Waals surface area contributed by atoms with E-state index >= 15 is 0 Å². The summed E-state index contributed by atoms with van der Waals surface area (Å²) in [5, 5.41) is 19.9. The second kappa shape index (κ2) is 6.01. The van der Waals surface area contributed by atoms with Gasteiger partial charge in [0.05, 0.1) is 11.3 Å². The van der Waals surface area contributed by atoms with Gasteiger partial charge in [0, 0.05) is 36.6 Å². The number of hydrogen-bond acceptors (Lipinski definition) is 7. The molecule has 118 valence electrons. The van der Waals surface area contributed by atoms with E-state index in [9.17, 15) is 14.7 Å². The van der Waals surface area contributed by atoms with E-state index in [2.05, 4.69) is 10.4 Å². The lowest BCUT2D eigenvalue weighted by Gasteiger charge is -2.22. The minimum absolute atomic E-state index is 0.0335. The number of allylic oxidation sites excluding steroid dienone is 1. The first kappa shape index (κ1) is 14.9. The van der Waals surface area contributed by atoms with Crippen LogP contribution in [0.1, 0.15) is 12.8 Å². The SMILES string of the molecule is O=C(O)C1=CN=C(C(=O)O)CSC1CC1=COC2CCNN12. The van der Waals surface area contributed by atoms with Crippen molar-refractivity contribution in [1.82, 2.24) is 10.4 Å². The zero-order chi connectivity index (χ0) is 15.7. The molecule has 3 N–H and O–H groups in total. The van der Waals surface area contributed by atoms with Crippen molar-refractivity contribution in [3.63, 3.8) is 0 Å².